The van der Waals surface area contributed by atoms with Crippen molar-refractivity contribution < 1.29 is 41.9 Å². The van der Waals surface area contributed by atoms with E-state index in [0.29, 0.717) is 45.6 Å². The average Bonchev–Trinajstić information content (AvgIpc) is 2.75. The Labute approximate surface area is 196 Å². The summed E-state index contributed by atoms with van der Waals surface area (Å²) >= 11 is 10.3. The van der Waals surface area contributed by atoms with Crippen LogP contribution in [0.1, 0.15) is 32.3 Å². The number of ether oxygens (including phenoxy) is 1. The van der Waals surface area contributed by atoms with Gasteiger partial charge in [-0.15, -0.1) is 0 Å². The van der Waals surface area contributed by atoms with Crippen LogP contribution < -0.4 is 15.4 Å². The average molecular weight is 514 g/mol. The van der Waals surface area contributed by atoms with Gasteiger partial charge in [-0.3, -0.25) is 9.59 Å². The van der Waals surface area contributed by atoms with Crippen LogP contribution in [-0.2, 0) is 38.7 Å². The van der Waals surface area contributed by atoms with Crippen molar-refractivity contribution >= 4 is 46.4 Å². The van der Waals surface area contributed by atoms with Crippen molar-refractivity contribution in [3.63, 3.8) is 0 Å². The molecule has 0 spiro atoms. The van der Waals surface area contributed by atoms with E-state index in [-0.39, 0.29) is 18.4 Å². The molecule has 11 heteroatoms. The number of carbonyl (C=O) groups is 2. The quantitative estimate of drug-likeness (QED) is 0.483. The van der Waals surface area contributed by atoms with E-state index in [1.807, 2.05) is 0 Å². The van der Waals surface area contributed by atoms with E-state index in [1.54, 1.807) is 50.2 Å². The number of halogens is 2. The van der Waals surface area contributed by atoms with Gasteiger partial charge >= 0.3 is 22.5 Å². The molecule has 0 fully saturated rings. The number of carbonyl (C=O) groups excluding carboxylic acids is 2. The van der Waals surface area contributed by atoms with Gasteiger partial charge in [0.1, 0.15) is 0 Å². The summed E-state index contributed by atoms with van der Waals surface area (Å²) in [4.78, 5) is 22.3. The fraction of sp³-hybridized carbons (Fsp3) is 0.300. The number of rotatable bonds is 6. The molecule has 0 radical (unpaired) electrons. The molecule has 0 unspecified atom stereocenters. The van der Waals surface area contributed by atoms with Crippen LogP contribution >= 0.6 is 23.2 Å². The zero-order valence-corrected chi connectivity index (χ0v) is 19.9. The summed E-state index contributed by atoms with van der Waals surface area (Å²) in [5.41, 5.74) is 1.73. The molecule has 0 bridgehead atoms. The van der Waals surface area contributed by atoms with Crippen LogP contribution in [0.3, 0.4) is 0 Å². The summed E-state index contributed by atoms with van der Waals surface area (Å²) in [5, 5.41) is 15.4. The summed E-state index contributed by atoms with van der Waals surface area (Å²) in [6.07, 6.45) is 0.826. The Morgan fingerprint density at radius 2 is 1.39 bits per heavy atom. The van der Waals surface area contributed by atoms with Gasteiger partial charge in [0.2, 0.25) is 11.8 Å². The second-order valence-corrected chi connectivity index (χ2v) is 6.62. The summed E-state index contributed by atoms with van der Waals surface area (Å²) < 4.78 is 21.9. The van der Waals surface area contributed by atoms with Crippen molar-refractivity contribution in [2.24, 2.45) is 0 Å². The molecule has 0 saturated carbocycles. The molecule has 3 N–H and O–H groups in total. The van der Waals surface area contributed by atoms with Gasteiger partial charge in [0, 0.05) is 29.1 Å². The molecule has 0 aromatic heterocycles. The molecule has 0 heterocycles. The Bertz CT molecular complexity index is 838. The number of hydrogen-bond acceptors (Lipinski definition) is 6. The van der Waals surface area contributed by atoms with Gasteiger partial charge in [0.05, 0.1) is 24.4 Å². The van der Waals surface area contributed by atoms with Gasteiger partial charge in [0.25, 0.3) is 0 Å². The van der Waals surface area contributed by atoms with E-state index < -0.39 is 14.8 Å². The third-order valence-corrected chi connectivity index (χ3v) is 4.29. The molecular formula is C20H24Cl2MnN2O6. The summed E-state index contributed by atoms with van der Waals surface area (Å²) in [6, 6.07) is 10.3. The van der Waals surface area contributed by atoms with Crippen molar-refractivity contribution in [3.8, 4) is 5.75 Å². The number of hydrogen-bond donors (Lipinski definition) is 3. The fourth-order valence-electron chi connectivity index (χ4n) is 2.13. The van der Waals surface area contributed by atoms with E-state index in [4.69, 9.17) is 40.7 Å². The van der Waals surface area contributed by atoms with Gasteiger partial charge in [-0.1, -0.05) is 49.2 Å². The number of benzene rings is 2. The second kappa shape index (κ2) is 16.5. The number of amides is 2. The SMILES string of the molecule is CCC(=O)Nc1cccc(Cl)c1CO.CCC(=O)Nc1cccc(Cl)c1OC.[O]=[Mn]=[O]. The maximum atomic E-state index is 11.2. The number of nitrogens with one attached hydrogen (secondary N) is 2. The van der Waals surface area contributed by atoms with Crippen LogP contribution in [0.4, 0.5) is 11.4 Å². The molecule has 171 valence electrons. The predicted molar refractivity (Wildman–Crippen MR) is 115 cm³/mol. The Balaban J connectivity index is 0.000000516. The Hall–Kier alpha value is -2.16. The maximum absolute atomic E-state index is 11.2. The van der Waals surface area contributed by atoms with E-state index in [0.717, 1.165) is 0 Å². The molecular weight excluding hydrogens is 490 g/mol. The van der Waals surface area contributed by atoms with E-state index in [1.165, 1.54) is 7.11 Å². The zero-order valence-electron chi connectivity index (χ0n) is 17.2. The molecule has 0 aliphatic rings. The predicted octanol–water partition coefficient (Wildman–Crippen LogP) is 4.64. The molecule has 2 aromatic rings. The number of anilines is 2. The molecule has 0 saturated heterocycles. The molecule has 0 atom stereocenters. The van der Waals surface area contributed by atoms with Crippen molar-refractivity contribution in [2.45, 2.75) is 33.3 Å². The Kier molecular flexibility index (Phi) is 15.4. The first-order valence-electron chi connectivity index (χ1n) is 8.99. The fourth-order valence-corrected chi connectivity index (χ4v) is 2.61. The first kappa shape index (κ1) is 28.8. The van der Waals surface area contributed by atoms with Crippen LogP contribution in [-0.4, -0.2) is 24.0 Å². The zero-order chi connectivity index (χ0) is 23.8. The molecule has 0 aliphatic heterocycles. The summed E-state index contributed by atoms with van der Waals surface area (Å²) in [6.45, 7) is 3.36. The first-order chi connectivity index (χ1) is 14.8. The van der Waals surface area contributed by atoms with Gasteiger partial charge in [0.15, 0.2) is 5.75 Å². The van der Waals surface area contributed by atoms with E-state index in [2.05, 4.69) is 10.6 Å². The Morgan fingerprint density at radius 1 is 0.935 bits per heavy atom. The monoisotopic (exact) mass is 513 g/mol. The Morgan fingerprint density at radius 3 is 1.84 bits per heavy atom. The molecule has 0 aliphatic carbocycles. The number of methoxy groups -OCH3 is 1. The van der Waals surface area contributed by atoms with E-state index in [9.17, 15) is 9.59 Å². The van der Waals surface area contributed by atoms with Gasteiger partial charge in [-0.25, -0.2) is 0 Å². The van der Waals surface area contributed by atoms with Crippen LogP contribution in [0.15, 0.2) is 36.4 Å². The number of aliphatic hydroxyl groups excluding tert-OH is 1. The summed E-state index contributed by atoms with van der Waals surface area (Å²) in [7, 11) is 1.52. The van der Waals surface area contributed by atoms with E-state index >= 15 is 0 Å². The second-order valence-electron chi connectivity index (χ2n) is 5.61. The molecule has 8 nitrogen and oxygen atoms in total. The topological polar surface area (TPSA) is 122 Å². The van der Waals surface area contributed by atoms with Gasteiger partial charge in [-0.2, -0.15) is 0 Å². The normalized spacial score (nSPS) is 9.23. The van der Waals surface area contributed by atoms with Gasteiger partial charge < -0.3 is 20.5 Å². The minimum atomic E-state index is -1.44. The van der Waals surface area contributed by atoms with Gasteiger partial charge in [-0.05, 0) is 24.3 Å². The molecule has 2 amide bonds. The third-order valence-electron chi connectivity index (χ3n) is 3.64. The standard InChI is InChI=1S/2C10H12ClNO2.Mn.2O/c1-3-9(13)12-8-6-4-5-7(11)10(8)14-2;1-2-10(14)12-9-5-3-4-8(11)7(9)6-13;;;/h4-6H,3H2,1-2H3,(H,12,13);3-5,13H,2,6H2,1H3,(H,12,14);;;. The number of aliphatic hydroxyl groups is 1. The van der Waals surface area contributed by atoms with Crippen LogP contribution in [0, 0.1) is 0 Å². The van der Waals surface area contributed by atoms with Crippen molar-refractivity contribution in [2.75, 3.05) is 17.7 Å². The number of para-hydroxylation sites is 1. The van der Waals surface area contributed by atoms with Crippen molar-refractivity contribution in [3.05, 3.63) is 52.0 Å². The molecule has 2 aromatic carbocycles. The molecule has 2 rings (SSSR count). The minimum absolute atomic E-state index is 0.0643. The third kappa shape index (κ3) is 10.6. The molecule has 31 heavy (non-hydrogen) atoms. The van der Waals surface area contributed by atoms with Crippen molar-refractivity contribution in [1.82, 2.24) is 0 Å². The van der Waals surface area contributed by atoms with Crippen LogP contribution in [0.2, 0.25) is 10.0 Å². The summed E-state index contributed by atoms with van der Waals surface area (Å²) in [5.74, 6) is 0.337. The van der Waals surface area contributed by atoms with Crippen molar-refractivity contribution in [1.29, 1.82) is 0 Å². The first-order valence-corrected chi connectivity index (χ1v) is 10.7. The van der Waals surface area contributed by atoms with Crippen LogP contribution in [0.5, 0.6) is 5.75 Å². The van der Waals surface area contributed by atoms with Crippen LogP contribution in [0.25, 0.3) is 0 Å².